The van der Waals surface area contributed by atoms with Crippen molar-refractivity contribution in [1.82, 2.24) is 25.4 Å². The number of nitrogens with zero attached hydrogens (tertiary/aromatic N) is 3. The Morgan fingerprint density at radius 1 is 1.25 bits per heavy atom. The van der Waals surface area contributed by atoms with Gasteiger partial charge in [0.15, 0.2) is 0 Å². The van der Waals surface area contributed by atoms with Crippen molar-refractivity contribution in [2.75, 3.05) is 18.4 Å². The molecular formula is C16H26N6O2. The molecule has 2 fully saturated rings. The number of anilines is 1. The van der Waals surface area contributed by atoms with E-state index in [4.69, 9.17) is 0 Å². The van der Waals surface area contributed by atoms with E-state index in [2.05, 4.69) is 25.8 Å². The Labute approximate surface area is 141 Å². The van der Waals surface area contributed by atoms with Gasteiger partial charge in [0.05, 0.1) is 5.92 Å². The van der Waals surface area contributed by atoms with Crippen molar-refractivity contribution in [1.29, 1.82) is 0 Å². The minimum atomic E-state index is -0.211. The second-order valence-corrected chi connectivity index (χ2v) is 6.66. The Hall–Kier alpha value is -2.12. The molecule has 0 unspecified atom stereocenters. The maximum absolute atomic E-state index is 12.4. The highest BCUT2D eigenvalue weighted by atomic mass is 16.2. The first-order valence-electron chi connectivity index (χ1n) is 8.93. The number of amides is 3. The van der Waals surface area contributed by atoms with Crippen LogP contribution in [0.4, 0.5) is 10.7 Å². The molecule has 3 N–H and O–H groups in total. The number of piperidine rings is 1. The van der Waals surface area contributed by atoms with Gasteiger partial charge >= 0.3 is 6.03 Å². The number of hydrogen-bond donors (Lipinski definition) is 3. The Morgan fingerprint density at radius 3 is 2.75 bits per heavy atom. The number of urea groups is 1. The molecule has 0 bridgehead atoms. The molecule has 1 atom stereocenters. The second kappa shape index (κ2) is 7.63. The number of rotatable bonds is 4. The standard InChI is InChI=1S/C16H26N6O2/c1-2-13-18-15(21-20-13)19-14(23)11-6-5-9-22(10-11)16(24)17-12-7-3-4-8-12/h11-12H,2-10H2,1H3,(H,17,24)(H2,18,19,20,21,23)/t11-/m1/s1. The first-order chi connectivity index (χ1) is 11.7. The normalized spacial score (nSPS) is 21.7. The van der Waals surface area contributed by atoms with Crippen LogP contribution < -0.4 is 10.6 Å². The van der Waals surface area contributed by atoms with Crippen LogP contribution in [0.15, 0.2) is 0 Å². The minimum Gasteiger partial charge on any atom is -0.335 e. The Morgan fingerprint density at radius 2 is 2.04 bits per heavy atom. The number of carbonyl (C=O) groups is 2. The molecule has 1 aromatic rings. The molecule has 0 spiro atoms. The summed E-state index contributed by atoms with van der Waals surface area (Å²) in [5, 5.41) is 12.6. The molecule has 0 radical (unpaired) electrons. The summed E-state index contributed by atoms with van der Waals surface area (Å²) in [6, 6.07) is 0.262. The summed E-state index contributed by atoms with van der Waals surface area (Å²) in [7, 11) is 0. The summed E-state index contributed by atoms with van der Waals surface area (Å²) in [5.74, 6) is 0.725. The molecule has 1 saturated carbocycles. The van der Waals surface area contributed by atoms with E-state index >= 15 is 0 Å². The van der Waals surface area contributed by atoms with Gasteiger partial charge < -0.3 is 10.2 Å². The van der Waals surface area contributed by atoms with Gasteiger partial charge in [0.1, 0.15) is 5.82 Å². The van der Waals surface area contributed by atoms with E-state index < -0.39 is 0 Å². The average molecular weight is 334 g/mol. The van der Waals surface area contributed by atoms with Crippen LogP contribution in [-0.2, 0) is 11.2 Å². The van der Waals surface area contributed by atoms with Crippen LogP contribution in [0.3, 0.4) is 0 Å². The molecule has 1 saturated heterocycles. The van der Waals surface area contributed by atoms with E-state index in [1.165, 1.54) is 12.8 Å². The average Bonchev–Trinajstić information content (AvgIpc) is 3.26. The fourth-order valence-electron chi connectivity index (χ4n) is 3.43. The molecule has 24 heavy (non-hydrogen) atoms. The van der Waals surface area contributed by atoms with Crippen molar-refractivity contribution in [3.05, 3.63) is 5.82 Å². The highest BCUT2D eigenvalue weighted by Gasteiger charge is 2.30. The quantitative estimate of drug-likeness (QED) is 0.779. The molecule has 3 amide bonds. The van der Waals surface area contributed by atoms with Crippen LogP contribution in [0.5, 0.6) is 0 Å². The predicted octanol–water partition coefficient (Wildman–Crippen LogP) is 1.67. The highest BCUT2D eigenvalue weighted by Crippen LogP contribution is 2.21. The SMILES string of the molecule is CCc1nc(NC(=O)[C@@H]2CCCN(C(=O)NC3CCCC3)C2)n[nH]1. The van der Waals surface area contributed by atoms with Crippen LogP contribution in [0.2, 0.25) is 0 Å². The number of aryl methyl sites for hydroxylation is 1. The van der Waals surface area contributed by atoms with Gasteiger partial charge in [0.25, 0.3) is 0 Å². The molecule has 8 heteroatoms. The summed E-state index contributed by atoms with van der Waals surface area (Å²) >= 11 is 0. The smallest absolute Gasteiger partial charge is 0.317 e. The lowest BCUT2D eigenvalue weighted by molar-refractivity contribution is -0.121. The van der Waals surface area contributed by atoms with Gasteiger partial charge in [0, 0.05) is 25.6 Å². The fraction of sp³-hybridized carbons (Fsp3) is 0.750. The molecular weight excluding hydrogens is 308 g/mol. The first kappa shape index (κ1) is 16.7. The summed E-state index contributed by atoms with van der Waals surface area (Å²) in [4.78, 5) is 30.8. The van der Waals surface area contributed by atoms with Crippen LogP contribution >= 0.6 is 0 Å². The van der Waals surface area contributed by atoms with Gasteiger partial charge in [-0.15, -0.1) is 5.10 Å². The van der Waals surface area contributed by atoms with Crippen molar-refractivity contribution in [2.45, 2.75) is 57.9 Å². The number of likely N-dealkylation sites (tertiary alicyclic amines) is 1. The topological polar surface area (TPSA) is 103 Å². The van der Waals surface area contributed by atoms with E-state index in [0.717, 1.165) is 37.9 Å². The summed E-state index contributed by atoms with van der Waals surface area (Å²) in [6.45, 7) is 3.13. The maximum atomic E-state index is 12.4. The summed E-state index contributed by atoms with van der Waals surface area (Å²) < 4.78 is 0. The Kier molecular flexibility index (Phi) is 5.32. The van der Waals surface area contributed by atoms with Crippen molar-refractivity contribution < 1.29 is 9.59 Å². The zero-order valence-electron chi connectivity index (χ0n) is 14.2. The highest BCUT2D eigenvalue weighted by molar-refractivity contribution is 5.91. The van der Waals surface area contributed by atoms with Crippen LogP contribution in [-0.4, -0.2) is 51.2 Å². The number of hydrogen-bond acceptors (Lipinski definition) is 4. The number of H-pyrrole nitrogens is 1. The fourth-order valence-corrected chi connectivity index (χ4v) is 3.43. The maximum Gasteiger partial charge on any atom is 0.317 e. The lowest BCUT2D eigenvalue weighted by Gasteiger charge is -2.32. The van der Waals surface area contributed by atoms with Crippen molar-refractivity contribution in [3.63, 3.8) is 0 Å². The molecule has 1 aliphatic carbocycles. The number of aromatic amines is 1. The summed E-state index contributed by atoms with van der Waals surface area (Å²) in [5.41, 5.74) is 0. The van der Waals surface area contributed by atoms with Crippen molar-refractivity contribution >= 4 is 17.9 Å². The van der Waals surface area contributed by atoms with Crippen molar-refractivity contribution in [3.8, 4) is 0 Å². The van der Waals surface area contributed by atoms with Gasteiger partial charge in [-0.1, -0.05) is 19.8 Å². The number of aromatic nitrogens is 3. The third-order valence-electron chi connectivity index (χ3n) is 4.86. The number of nitrogens with one attached hydrogen (secondary N) is 3. The lowest BCUT2D eigenvalue weighted by atomic mass is 9.97. The van der Waals surface area contributed by atoms with Gasteiger partial charge in [-0.25, -0.2) is 4.79 Å². The van der Waals surface area contributed by atoms with Crippen molar-refractivity contribution in [2.24, 2.45) is 5.92 Å². The monoisotopic (exact) mass is 334 g/mol. The van der Waals surface area contributed by atoms with Crippen LogP contribution in [0.1, 0.15) is 51.3 Å². The molecule has 8 nitrogen and oxygen atoms in total. The van der Waals surface area contributed by atoms with E-state index in [-0.39, 0.29) is 17.9 Å². The van der Waals surface area contributed by atoms with Crippen LogP contribution in [0.25, 0.3) is 0 Å². The van der Waals surface area contributed by atoms with E-state index in [1.807, 2.05) is 6.92 Å². The molecule has 1 aliphatic heterocycles. The van der Waals surface area contributed by atoms with E-state index in [1.54, 1.807) is 4.90 Å². The molecule has 132 valence electrons. The third-order valence-corrected chi connectivity index (χ3v) is 4.86. The van der Waals surface area contributed by atoms with Gasteiger partial charge in [-0.05, 0) is 25.7 Å². The third kappa shape index (κ3) is 4.04. The van der Waals surface area contributed by atoms with Gasteiger partial charge in [-0.3, -0.25) is 15.2 Å². The van der Waals surface area contributed by atoms with E-state index in [0.29, 0.717) is 25.1 Å². The lowest BCUT2D eigenvalue weighted by Crippen LogP contribution is -2.49. The predicted molar refractivity (Wildman–Crippen MR) is 89.5 cm³/mol. The van der Waals surface area contributed by atoms with E-state index in [9.17, 15) is 9.59 Å². The number of carbonyl (C=O) groups excluding carboxylic acids is 2. The molecule has 0 aromatic carbocycles. The molecule has 3 rings (SSSR count). The zero-order valence-corrected chi connectivity index (χ0v) is 14.2. The molecule has 2 heterocycles. The Balaban J connectivity index is 1.52. The van der Waals surface area contributed by atoms with Gasteiger partial charge in [-0.2, -0.15) is 4.98 Å². The zero-order chi connectivity index (χ0) is 16.9. The summed E-state index contributed by atoms with van der Waals surface area (Å²) in [6.07, 6.45) is 6.86. The minimum absolute atomic E-state index is 0.0365. The van der Waals surface area contributed by atoms with Crippen LogP contribution in [0, 0.1) is 5.92 Å². The first-order valence-corrected chi connectivity index (χ1v) is 8.93. The Bertz CT molecular complexity index is 581. The second-order valence-electron chi connectivity index (χ2n) is 6.66. The van der Waals surface area contributed by atoms with Gasteiger partial charge in [0.2, 0.25) is 11.9 Å². The molecule has 1 aromatic heterocycles. The molecule has 2 aliphatic rings. The largest absolute Gasteiger partial charge is 0.335 e.